The van der Waals surface area contributed by atoms with Crippen LogP contribution in [0.15, 0.2) is 46.1 Å². The quantitative estimate of drug-likeness (QED) is 0.684. The number of imidazole rings is 1. The van der Waals surface area contributed by atoms with Crippen LogP contribution < -0.4 is 15.2 Å². The van der Waals surface area contributed by atoms with Crippen LogP contribution in [0.2, 0.25) is 0 Å². The van der Waals surface area contributed by atoms with E-state index in [2.05, 4.69) is 9.97 Å². The molecular formula is C20H21N3O5S. The molecule has 2 aliphatic rings. The lowest BCUT2D eigenvalue weighted by atomic mass is 10.0. The van der Waals surface area contributed by atoms with Crippen molar-refractivity contribution < 1.29 is 17.9 Å². The zero-order valence-electron chi connectivity index (χ0n) is 15.7. The number of aromatic nitrogens is 2. The number of sulfonamides is 1. The Kier molecular flexibility index (Phi) is 4.36. The van der Waals surface area contributed by atoms with Crippen LogP contribution in [0.1, 0.15) is 30.9 Å². The van der Waals surface area contributed by atoms with E-state index in [1.165, 1.54) is 16.4 Å². The smallest absolute Gasteiger partial charge is 0.323 e. The summed E-state index contributed by atoms with van der Waals surface area (Å²) in [6, 6.07) is 10.0. The number of hydrogen-bond donors (Lipinski definition) is 2. The maximum absolute atomic E-state index is 13.4. The molecule has 152 valence electrons. The van der Waals surface area contributed by atoms with E-state index in [9.17, 15) is 13.2 Å². The van der Waals surface area contributed by atoms with Crippen LogP contribution in [0.25, 0.3) is 11.0 Å². The number of fused-ring (bicyclic) bond motifs is 2. The highest BCUT2D eigenvalue weighted by Gasteiger charge is 2.36. The molecule has 3 aromatic rings. The fourth-order valence-corrected chi connectivity index (χ4v) is 5.76. The Hall–Kier alpha value is -2.78. The van der Waals surface area contributed by atoms with Crippen molar-refractivity contribution in [3.8, 4) is 11.5 Å². The minimum absolute atomic E-state index is 0.168. The Morgan fingerprint density at radius 1 is 0.931 bits per heavy atom. The molecular weight excluding hydrogens is 394 g/mol. The van der Waals surface area contributed by atoms with Crippen LogP contribution in [0.4, 0.5) is 0 Å². The first-order valence-electron chi connectivity index (χ1n) is 9.66. The number of aromatic amines is 2. The fourth-order valence-electron chi connectivity index (χ4n) is 4.06. The summed E-state index contributed by atoms with van der Waals surface area (Å²) in [5.41, 5.74) is 1.59. The molecule has 1 saturated heterocycles. The van der Waals surface area contributed by atoms with Crippen LogP contribution in [-0.4, -0.2) is 42.4 Å². The molecule has 0 bridgehead atoms. The Morgan fingerprint density at radius 3 is 2.59 bits per heavy atom. The fraction of sp³-hybridized carbons (Fsp3) is 0.350. The number of hydrogen-bond acceptors (Lipinski definition) is 5. The van der Waals surface area contributed by atoms with Gasteiger partial charge in [0.1, 0.15) is 0 Å². The van der Waals surface area contributed by atoms with E-state index in [-0.39, 0.29) is 16.6 Å². The number of nitrogens with one attached hydrogen (secondary N) is 2. The third-order valence-electron chi connectivity index (χ3n) is 5.45. The second kappa shape index (κ2) is 6.93. The van der Waals surface area contributed by atoms with Gasteiger partial charge in [0.25, 0.3) is 0 Å². The third-order valence-corrected chi connectivity index (χ3v) is 7.36. The van der Waals surface area contributed by atoms with Crippen molar-refractivity contribution in [2.24, 2.45) is 0 Å². The van der Waals surface area contributed by atoms with Crippen LogP contribution in [-0.2, 0) is 10.0 Å². The van der Waals surface area contributed by atoms with Crippen molar-refractivity contribution >= 4 is 21.1 Å². The summed E-state index contributed by atoms with van der Waals surface area (Å²) in [7, 11) is -3.72. The van der Waals surface area contributed by atoms with Gasteiger partial charge in [0.2, 0.25) is 10.0 Å². The lowest BCUT2D eigenvalue weighted by Gasteiger charge is -2.25. The molecule has 29 heavy (non-hydrogen) atoms. The molecule has 0 amide bonds. The molecule has 0 unspecified atom stereocenters. The first-order chi connectivity index (χ1) is 14.0. The normalized spacial score (nSPS) is 20.1. The van der Waals surface area contributed by atoms with Crippen molar-refractivity contribution in [2.45, 2.75) is 30.2 Å². The number of benzene rings is 2. The van der Waals surface area contributed by atoms with Gasteiger partial charge in [0.15, 0.2) is 11.5 Å². The summed E-state index contributed by atoms with van der Waals surface area (Å²) < 4.78 is 39.8. The second-order valence-electron chi connectivity index (χ2n) is 7.32. The van der Waals surface area contributed by atoms with Gasteiger partial charge in [0, 0.05) is 13.0 Å². The summed E-state index contributed by atoms with van der Waals surface area (Å²) >= 11 is 0. The molecule has 0 spiro atoms. The lowest BCUT2D eigenvalue weighted by molar-refractivity contribution is 0.296. The summed E-state index contributed by atoms with van der Waals surface area (Å²) in [6.07, 6.45) is 2.33. The van der Waals surface area contributed by atoms with Crippen LogP contribution >= 0.6 is 0 Å². The highest BCUT2D eigenvalue weighted by Crippen LogP contribution is 2.40. The number of H-pyrrole nitrogens is 2. The van der Waals surface area contributed by atoms with E-state index in [1.54, 1.807) is 6.07 Å². The van der Waals surface area contributed by atoms with Crippen LogP contribution in [0.3, 0.4) is 0 Å². The van der Waals surface area contributed by atoms with E-state index in [1.807, 2.05) is 18.2 Å². The van der Waals surface area contributed by atoms with E-state index in [0.29, 0.717) is 42.3 Å². The largest absolute Gasteiger partial charge is 0.490 e. The summed E-state index contributed by atoms with van der Waals surface area (Å²) in [5, 5.41) is 0. The number of ether oxygens (including phenoxy) is 2. The first-order valence-corrected chi connectivity index (χ1v) is 11.1. The molecule has 8 nitrogen and oxygen atoms in total. The zero-order valence-corrected chi connectivity index (χ0v) is 16.5. The van der Waals surface area contributed by atoms with Gasteiger partial charge in [-0.25, -0.2) is 13.2 Å². The highest BCUT2D eigenvalue weighted by atomic mass is 32.2. The van der Waals surface area contributed by atoms with Gasteiger partial charge in [-0.05, 0) is 48.7 Å². The van der Waals surface area contributed by atoms with E-state index in [0.717, 1.165) is 24.8 Å². The first kappa shape index (κ1) is 18.3. The Labute approximate surface area is 167 Å². The standard InChI is InChI=1S/C20H21N3O5S/c24-20-21-15-6-5-14(12-16(15)22-20)29(25,26)23-8-1-3-17(23)13-4-7-18-19(11-13)28-10-2-9-27-18/h4-7,11-12,17H,1-3,8-10H2,(H2,21,22,24)/t17-/m1/s1. The summed E-state index contributed by atoms with van der Waals surface area (Å²) in [6.45, 7) is 1.64. The SMILES string of the molecule is O=c1[nH]c2ccc(S(=O)(=O)N3CCC[C@@H]3c3ccc4c(c3)OCCCO4)cc2[nH]1. The van der Waals surface area contributed by atoms with Gasteiger partial charge in [-0.15, -0.1) is 0 Å². The average molecular weight is 415 g/mol. The minimum Gasteiger partial charge on any atom is -0.490 e. The third kappa shape index (κ3) is 3.20. The topological polar surface area (TPSA) is 104 Å². The van der Waals surface area contributed by atoms with Crippen molar-refractivity contribution in [3.05, 3.63) is 52.4 Å². The molecule has 2 aliphatic heterocycles. The van der Waals surface area contributed by atoms with Gasteiger partial charge in [-0.2, -0.15) is 4.31 Å². The molecule has 1 fully saturated rings. The van der Waals surface area contributed by atoms with Gasteiger partial charge >= 0.3 is 5.69 Å². The summed E-state index contributed by atoms with van der Waals surface area (Å²) in [5.74, 6) is 1.36. The predicted octanol–water partition coefficient (Wildman–Crippen LogP) is 2.54. The molecule has 2 N–H and O–H groups in total. The molecule has 5 rings (SSSR count). The zero-order chi connectivity index (χ0) is 20.0. The van der Waals surface area contributed by atoms with Gasteiger partial charge < -0.3 is 19.4 Å². The Balaban J connectivity index is 1.51. The molecule has 1 atom stereocenters. The molecule has 2 aromatic carbocycles. The Bertz CT molecular complexity index is 1230. The van der Waals surface area contributed by atoms with Crippen molar-refractivity contribution in [1.29, 1.82) is 0 Å². The van der Waals surface area contributed by atoms with E-state index < -0.39 is 10.0 Å². The average Bonchev–Trinajstić information content (AvgIpc) is 3.27. The summed E-state index contributed by atoms with van der Waals surface area (Å²) in [4.78, 5) is 16.9. The van der Waals surface area contributed by atoms with Crippen molar-refractivity contribution in [1.82, 2.24) is 14.3 Å². The van der Waals surface area contributed by atoms with Crippen molar-refractivity contribution in [2.75, 3.05) is 19.8 Å². The van der Waals surface area contributed by atoms with Crippen LogP contribution in [0, 0.1) is 0 Å². The van der Waals surface area contributed by atoms with E-state index in [4.69, 9.17) is 9.47 Å². The maximum Gasteiger partial charge on any atom is 0.323 e. The molecule has 9 heteroatoms. The molecule has 0 aliphatic carbocycles. The number of nitrogens with zero attached hydrogens (tertiary/aromatic N) is 1. The molecule has 1 aromatic heterocycles. The van der Waals surface area contributed by atoms with Gasteiger partial charge in [-0.3, -0.25) is 0 Å². The maximum atomic E-state index is 13.4. The Morgan fingerprint density at radius 2 is 1.72 bits per heavy atom. The van der Waals surface area contributed by atoms with Gasteiger partial charge in [0.05, 0.1) is 35.2 Å². The minimum atomic E-state index is -3.72. The van der Waals surface area contributed by atoms with E-state index >= 15 is 0 Å². The second-order valence-corrected chi connectivity index (χ2v) is 9.21. The van der Waals surface area contributed by atoms with Crippen molar-refractivity contribution in [3.63, 3.8) is 0 Å². The highest BCUT2D eigenvalue weighted by molar-refractivity contribution is 7.89. The van der Waals surface area contributed by atoms with Gasteiger partial charge in [-0.1, -0.05) is 6.07 Å². The molecule has 3 heterocycles. The van der Waals surface area contributed by atoms with Crippen LogP contribution in [0.5, 0.6) is 11.5 Å². The molecule has 0 saturated carbocycles. The number of rotatable bonds is 3. The molecule has 0 radical (unpaired) electrons. The lowest BCUT2D eigenvalue weighted by Crippen LogP contribution is -2.30. The monoisotopic (exact) mass is 415 g/mol. The predicted molar refractivity (Wildman–Crippen MR) is 107 cm³/mol.